The first kappa shape index (κ1) is 19.9. The van der Waals surface area contributed by atoms with E-state index in [4.69, 9.17) is 9.15 Å². The Bertz CT molecular complexity index is 844. The van der Waals surface area contributed by atoms with Gasteiger partial charge in [-0.25, -0.2) is 9.18 Å². The Labute approximate surface area is 155 Å². The highest BCUT2D eigenvalue weighted by Crippen LogP contribution is 2.25. The normalized spacial score (nSPS) is 10.6. The summed E-state index contributed by atoms with van der Waals surface area (Å²) in [5.41, 5.74) is 0.309. The molecule has 0 aliphatic rings. The van der Waals surface area contributed by atoms with Crippen LogP contribution in [0.5, 0.6) is 0 Å². The van der Waals surface area contributed by atoms with Crippen LogP contribution in [0, 0.1) is 5.82 Å². The molecular weight excluding hydrogens is 355 g/mol. The summed E-state index contributed by atoms with van der Waals surface area (Å²) < 4.78 is 23.9. The van der Waals surface area contributed by atoms with Crippen LogP contribution in [0.2, 0.25) is 0 Å². The molecule has 2 aromatic rings. The van der Waals surface area contributed by atoms with Crippen molar-refractivity contribution in [2.45, 2.75) is 6.92 Å². The first-order valence-electron chi connectivity index (χ1n) is 8.22. The van der Waals surface area contributed by atoms with Gasteiger partial charge in [0, 0.05) is 12.6 Å². The summed E-state index contributed by atoms with van der Waals surface area (Å²) in [5.74, 6) is -1.45. The largest absolute Gasteiger partial charge is 0.457 e. The van der Waals surface area contributed by atoms with Crippen LogP contribution in [0.25, 0.3) is 17.4 Å². The molecule has 1 aromatic heterocycles. The molecule has 0 saturated carbocycles. The van der Waals surface area contributed by atoms with Crippen LogP contribution >= 0.6 is 0 Å². The number of hydrogen-bond donors (Lipinski definition) is 2. The molecule has 0 radical (unpaired) electrons. The first-order valence-corrected chi connectivity index (χ1v) is 8.22. The smallest absolute Gasteiger partial charge is 0.331 e. The van der Waals surface area contributed by atoms with Gasteiger partial charge in [0.25, 0.3) is 5.91 Å². The van der Waals surface area contributed by atoms with E-state index in [1.807, 2.05) is 0 Å². The van der Waals surface area contributed by atoms with Crippen molar-refractivity contribution in [2.75, 3.05) is 19.7 Å². The maximum atomic E-state index is 13.7. The van der Waals surface area contributed by atoms with Crippen LogP contribution in [-0.2, 0) is 19.1 Å². The van der Waals surface area contributed by atoms with Crippen molar-refractivity contribution in [2.24, 2.45) is 0 Å². The van der Waals surface area contributed by atoms with Crippen molar-refractivity contribution < 1.29 is 27.9 Å². The number of hydrogen-bond acceptors (Lipinski definition) is 5. The monoisotopic (exact) mass is 374 g/mol. The maximum Gasteiger partial charge on any atom is 0.331 e. The number of halogens is 1. The summed E-state index contributed by atoms with van der Waals surface area (Å²) in [6.07, 6.45) is 2.43. The van der Waals surface area contributed by atoms with E-state index in [1.54, 1.807) is 37.3 Å². The molecule has 0 bridgehead atoms. The molecule has 2 rings (SSSR count). The van der Waals surface area contributed by atoms with Gasteiger partial charge < -0.3 is 19.8 Å². The van der Waals surface area contributed by atoms with Crippen molar-refractivity contribution in [1.82, 2.24) is 10.6 Å². The van der Waals surface area contributed by atoms with E-state index in [0.29, 0.717) is 23.6 Å². The zero-order chi connectivity index (χ0) is 19.6. The number of furan rings is 1. The Morgan fingerprint density at radius 2 is 1.89 bits per heavy atom. The standard InChI is InChI=1S/C19H19FN2O5/c1-2-21-17(23)11-22-18(24)12-26-19(25)10-8-13-7-9-16(27-13)14-5-3-4-6-15(14)20/h3-10H,2,11-12H2,1H3,(H,21,23)(H,22,24)/b10-8+. The van der Waals surface area contributed by atoms with Gasteiger partial charge in [-0.2, -0.15) is 0 Å². The van der Waals surface area contributed by atoms with Crippen LogP contribution in [0.1, 0.15) is 12.7 Å². The van der Waals surface area contributed by atoms with Crippen molar-refractivity contribution in [3.63, 3.8) is 0 Å². The number of ether oxygens (including phenoxy) is 1. The molecule has 0 aliphatic heterocycles. The Morgan fingerprint density at radius 1 is 1.11 bits per heavy atom. The summed E-state index contributed by atoms with van der Waals surface area (Å²) in [7, 11) is 0. The number of carbonyl (C=O) groups is 3. The fourth-order valence-corrected chi connectivity index (χ4v) is 2.07. The van der Waals surface area contributed by atoms with Crippen molar-refractivity contribution in [3.05, 3.63) is 54.1 Å². The average Bonchev–Trinajstić information content (AvgIpc) is 3.12. The molecule has 27 heavy (non-hydrogen) atoms. The van der Waals surface area contributed by atoms with E-state index in [0.717, 1.165) is 6.08 Å². The molecule has 0 fully saturated rings. The molecule has 0 aliphatic carbocycles. The lowest BCUT2D eigenvalue weighted by Gasteiger charge is -2.05. The quantitative estimate of drug-likeness (QED) is 0.543. The molecule has 0 spiro atoms. The van der Waals surface area contributed by atoms with Gasteiger partial charge in [-0.05, 0) is 37.3 Å². The lowest BCUT2D eigenvalue weighted by atomic mass is 10.1. The van der Waals surface area contributed by atoms with E-state index in [-0.39, 0.29) is 12.5 Å². The van der Waals surface area contributed by atoms with Crippen LogP contribution in [-0.4, -0.2) is 37.5 Å². The van der Waals surface area contributed by atoms with Gasteiger partial charge in [-0.1, -0.05) is 12.1 Å². The highest BCUT2D eigenvalue weighted by atomic mass is 19.1. The Morgan fingerprint density at radius 3 is 2.63 bits per heavy atom. The molecular formula is C19H19FN2O5. The second-order valence-electron chi connectivity index (χ2n) is 5.35. The minimum atomic E-state index is -0.757. The number of benzene rings is 1. The molecule has 2 N–H and O–H groups in total. The summed E-state index contributed by atoms with van der Waals surface area (Å²) in [6.45, 7) is 1.51. The van der Waals surface area contributed by atoms with Crippen LogP contribution in [0.4, 0.5) is 4.39 Å². The molecule has 142 valence electrons. The molecule has 2 amide bonds. The molecule has 1 heterocycles. The fourth-order valence-electron chi connectivity index (χ4n) is 2.07. The number of carbonyl (C=O) groups excluding carboxylic acids is 3. The van der Waals surface area contributed by atoms with Gasteiger partial charge in [0.15, 0.2) is 6.61 Å². The van der Waals surface area contributed by atoms with E-state index < -0.39 is 24.3 Å². The van der Waals surface area contributed by atoms with Gasteiger partial charge in [0.05, 0.1) is 12.1 Å². The van der Waals surface area contributed by atoms with Crippen LogP contribution < -0.4 is 10.6 Å². The van der Waals surface area contributed by atoms with Gasteiger partial charge in [0.2, 0.25) is 5.91 Å². The molecule has 7 nitrogen and oxygen atoms in total. The number of esters is 1. The lowest BCUT2D eigenvalue weighted by Crippen LogP contribution is -2.38. The molecule has 0 unspecified atom stereocenters. The van der Waals surface area contributed by atoms with Gasteiger partial charge in [-0.3, -0.25) is 9.59 Å². The van der Waals surface area contributed by atoms with Crippen molar-refractivity contribution in [1.29, 1.82) is 0 Å². The zero-order valence-corrected chi connectivity index (χ0v) is 14.7. The SMILES string of the molecule is CCNC(=O)CNC(=O)COC(=O)/C=C/c1ccc(-c2ccccc2F)o1. The Balaban J connectivity index is 1.81. The molecule has 8 heteroatoms. The van der Waals surface area contributed by atoms with E-state index in [9.17, 15) is 18.8 Å². The number of likely N-dealkylation sites (N-methyl/N-ethyl adjacent to an activating group) is 1. The zero-order valence-electron chi connectivity index (χ0n) is 14.7. The third kappa shape index (κ3) is 6.43. The summed E-state index contributed by atoms with van der Waals surface area (Å²) >= 11 is 0. The topological polar surface area (TPSA) is 97.6 Å². The number of rotatable bonds is 8. The van der Waals surface area contributed by atoms with Crippen LogP contribution in [0.3, 0.4) is 0 Å². The molecule has 0 saturated heterocycles. The highest BCUT2D eigenvalue weighted by molar-refractivity contribution is 5.90. The average molecular weight is 374 g/mol. The summed E-state index contributed by atoms with van der Waals surface area (Å²) in [4.78, 5) is 34.3. The predicted octanol–water partition coefficient (Wildman–Crippen LogP) is 1.89. The van der Waals surface area contributed by atoms with Gasteiger partial charge in [-0.15, -0.1) is 0 Å². The highest BCUT2D eigenvalue weighted by Gasteiger charge is 2.09. The number of amides is 2. The summed E-state index contributed by atoms with van der Waals surface area (Å²) in [6, 6.07) is 9.31. The molecule has 1 aromatic carbocycles. The molecule has 0 atom stereocenters. The van der Waals surface area contributed by atoms with E-state index in [1.165, 1.54) is 12.1 Å². The fraction of sp³-hybridized carbons (Fsp3) is 0.211. The third-order valence-corrected chi connectivity index (χ3v) is 3.32. The number of nitrogens with one attached hydrogen (secondary N) is 2. The Hall–Kier alpha value is -3.42. The third-order valence-electron chi connectivity index (χ3n) is 3.32. The minimum absolute atomic E-state index is 0.189. The second-order valence-corrected chi connectivity index (χ2v) is 5.35. The Kier molecular flexibility index (Phi) is 7.30. The van der Waals surface area contributed by atoms with E-state index >= 15 is 0 Å². The lowest BCUT2D eigenvalue weighted by molar-refractivity contribution is -0.143. The maximum absolute atomic E-state index is 13.7. The van der Waals surface area contributed by atoms with Crippen molar-refractivity contribution in [3.8, 4) is 11.3 Å². The minimum Gasteiger partial charge on any atom is -0.457 e. The van der Waals surface area contributed by atoms with Crippen molar-refractivity contribution >= 4 is 23.9 Å². The van der Waals surface area contributed by atoms with Crippen LogP contribution in [0.15, 0.2) is 46.9 Å². The van der Waals surface area contributed by atoms with Gasteiger partial charge >= 0.3 is 5.97 Å². The van der Waals surface area contributed by atoms with Gasteiger partial charge in [0.1, 0.15) is 17.3 Å². The first-order chi connectivity index (χ1) is 13.0. The van der Waals surface area contributed by atoms with E-state index in [2.05, 4.69) is 10.6 Å². The second kappa shape index (κ2) is 9.91. The predicted molar refractivity (Wildman–Crippen MR) is 95.8 cm³/mol. The summed E-state index contributed by atoms with van der Waals surface area (Å²) in [5, 5.41) is 4.83.